The number of benzene rings is 2. The van der Waals surface area contributed by atoms with E-state index in [9.17, 15) is 5.26 Å². The van der Waals surface area contributed by atoms with Gasteiger partial charge in [-0.25, -0.2) is 0 Å². The van der Waals surface area contributed by atoms with Crippen molar-refractivity contribution in [1.29, 1.82) is 5.26 Å². The zero-order valence-corrected chi connectivity index (χ0v) is 13.9. The first-order valence-electron chi connectivity index (χ1n) is 7.49. The van der Waals surface area contributed by atoms with Crippen LogP contribution in [0.2, 0.25) is 0 Å². The van der Waals surface area contributed by atoms with Crippen LogP contribution in [0.25, 0.3) is 11.6 Å². The van der Waals surface area contributed by atoms with E-state index in [4.69, 9.17) is 0 Å². The van der Waals surface area contributed by atoms with Crippen LogP contribution < -0.4 is 4.90 Å². The van der Waals surface area contributed by atoms with Gasteiger partial charge in [0.15, 0.2) is 0 Å². The van der Waals surface area contributed by atoms with Crippen LogP contribution in [0, 0.1) is 11.3 Å². The van der Waals surface area contributed by atoms with Gasteiger partial charge in [0.25, 0.3) is 0 Å². The summed E-state index contributed by atoms with van der Waals surface area (Å²) in [7, 11) is 0. The molecule has 0 N–H and O–H groups in total. The maximum absolute atomic E-state index is 9.40. The van der Waals surface area contributed by atoms with Gasteiger partial charge in [-0.2, -0.15) is 5.26 Å². The van der Waals surface area contributed by atoms with Gasteiger partial charge in [-0.05, 0) is 54.3 Å². The van der Waals surface area contributed by atoms with E-state index in [1.54, 1.807) is 0 Å². The summed E-state index contributed by atoms with van der Waals surface area (Å²) in [5.41, 5.74) is 3.95. The molecule has 0 atom stereocenters. The molecule has 3 rings (SSSR count). The topological polar surface area (TPSA) is 27.0 Å². The Balaban J connectivity index is 1.83. The van der Waals surface area contributed by atoms with Crippen LogP contribution in [-0.2, 0) is 0 Å². The summed E-state index contributed by atoms with van der Waals surface area (Å²) in [5.74, 6) is 0. The van der Waals surface area contributed by atoms with Gasteiger partial charge in [0.05, 0.1) is 11.6 Å². The molecular formula is C19H17BrN2. The van der Waals surface area contributed by atoms with Crippen molar-refractivity contribution in [2.75, 3.05) is 18.0 Å². The fourth-order valence-corrected chi connectivity index (χ4v) is 3.00. The number of anilines is 1. The molecule has 2 aromatic carbocycles. The summed E-state index contributed by atoms with van der Waals surface area (Å²) in [6.07, 6.45) is 4.50. The summed E-state index contributed by atoms with van der Waals surface area (Å²) in [6.45, 7) is 2.30. The highest BCUT2D eigenvalue weighted by atomic mass is 79.9. The minimum Gasteiger partial charge on any atom is -0.372 e. The van der Waals surface area contributed by atoms with Crippen LogP contribution in [0.15, 0.2) is 53.0 Å². The molecule has 0 spiro atoms. The van der Waals surface area contributed by atoms with Gasteiger partial charge in [0, 0.05) is 23.2 Å². The molecule has 1 heterocycles. The molecule has 1 fully saturated rings. The van der Waals surface area contributed by atoms with Crippen molar-refractivity contribution >= 4 is 33.3 Å². The fourth-order valence-electron chi connectivity index (χ4n) is 2.73. The summed E-state index contributed by atoms with van der Waals surface area (Å²) >= 11 is 3.42. The van der Waals surface area contributed by atoms with E-state index in [1.807, 2.05) is 30.3 Å². The second-order valence-electron chi connectivity index (χ2n) is 5.46. The van der Waals surface area contributed by atoms with Crippen molar-refractivity contribution in [2.24, 2.45) is 0 Å². The summed E-state index contributed by atoms with van der Waals surface area (Å²) in [6, 6.07) is 18.6. The number of allylic oxidation sites excluding steroid dienone is 1. The van der Waals surface area contributed by atoms with Gasteiger partial charge in [-0.1, -0.05) is 40.2 Å². The molecule has 0 aliphatic carbocycles. The predicted octanol–water partition coefficient (Wildman–Crippen LogP) is 5.11. The molecule has 22 heavy (non-hydrogen) atoms. The lowest BCUT2D eigenvalue weighted by molar-refractivity contribution is 0.949. The molecule has 0 saturated carbocycles. The Labute approximate surface area is 139 Å². The van der Waals surface area contributed by atoms with Gasteiger partial charge in [-0.15, -0.1) is 0 Å². The van der Waals surface area contributed by atoms with E-state index in [2.05, 4.69) is 51.2 Å². The van der Waals surface area contributed by atoms with Gasteiger partial charge < -0.3 is 4.90 Å². The standard InChI is InChI=1S/C19H17BrN2/c20-18-7-5-16(6-8-18)17(14-21)13-15-3-9-19(10-4-15)22-11-1-2-12-22/h3-10,13H,1-2,11-12H2. The Bertz CT molecular complexity index is 703. The van der Waals surface area contributed by atoms with E-state index in [-0.39, 0.29) is 0 Å². The van der Waals surface area contributed by atoms with Crippen molar-refractivity contribution in [3.8, 4) is 6.07 Å². The molecule has 3 heteroatoms. The molecule has 110 valence electrons. The van der Waals surface area contributed by atoms with Crippen molar-refractivity contribution < 1.29 is 0 Å². The first-order valence-corrected chi connectivity index (χ1v) is 8.28. The van der Waals surface area contributed by atoms with Gasteiger partial charge in [0.2, 0.25) is 0 Å². The number of hydrogen-bond acceptors (Lipinski definition) is 2. The van der Waals surface area contributed by atoms with Crippen LogP contribution >= 0.6 is 15.9 Å². The monoisotopic (exact) mass is 352 g/mol. The zero-order chi connectivity index (χ0) is 15.4. The first kappa shape index (κ1) is 14.9. The van der Waals surface area contributed by atoms with Crippen LogP contribution in [0.4, 0.5) is 5.69 Å². The molecule has 0 unspecified atom stereocenters. The predicted molar refractivity (Wildman–Crippen MR) is 95.5 cm³/mol. The average Bonchev–Trinajstić information content (AvgIpc) is 3.09. The lowest BCUT2D eigenvalue weighted by atomic mass is 10.0. The highest BCUT2D eigenvalue weighted by Gasteiger charge is 2.11. The van der Waals surface area contributed by atoms with Crippen molar-refractivity contribution in [2.45, 2.75) is 12.8 Å². The second kappa shape index (κ2) is 6.81. The Morgan fingerprint density at radius 2 is 1.64 bits per heavy atom. The minimum absolute atomic E-state index is 0.682. The van der Waals surface area contributed by atoms with E-state index in [1.165, 1.54) is 18.5 Å². The van der Waals surface area contributed by atoms with Gasteiger partial charge >= 0.3 is 0 Å². The molecule has 2 nitrogen and oxygen atoms in total. The average molecular weight is 353 g/mol. The Hall–Kier alpha value is -2.05. The van der Waals surface area contributed by atoms with Crippen molar-refractivity contribution in [3.63, 3.8) is 0 Å². The lowest BCUT2D eigenvalue weighted by Crippen LogP contribution is -2.17. The Kier molecular flexibility index (Phi) is 4.60. The van der Waals surface area contributed by atoms with Crippen molar-refractivity contribution in [1.82, 2.24) is 0 Å². The van der Waals surface area contributed by atoms with Crippen LogP contribution in [0.5, 0.6) is 0 Å². The second-order valence-corrected chi connectivity index (χ2v) is 6.38. The third-order valence-electron chi connectivity index (χ3n) is 3.95. The van der Waals surface area contributed by atoms with Crippen LogP contribution in [0.3, 0.4) is 0 Å². The first-order chi connectivity index (χ1) is 10.8. The van der Waals surface area contributed by atoms with E-state index in [0.29, 0.717) is 5.57 Å². The van der Waals surface area contributed by atoms with Gasteiger partial charge in [-0.3, -0.25) is 0 Å². The maximum Gasteiger partial charge on any atom is 0.0998 e. The number of rotatable bonds is 3. The van der Waals surface area contributed by atoms with Crippen LogP contribution in [0.1, 0.15) is 24.0 Å². The van der Waals surface area contributed by atoms with E-state index >= 15 is 0 Å². The van der Waals surface area contributed by atoms with Crippen LogP contribution in [-0.4, -0.2) is 13.1 Å². The molecule has 1 saturated heterocycles. The lowest BCUT2D eigenvalue weighted by Gasteiger charge is -2.17. The molecule has 1 aliphatic rings. The largest absolute Gasteiger partial charge is 0.372 e. The number of nitriles is 1. The van der Waals surface area contributed by atoms with E-state index in [0.717, 1.165) is 28.7 Å². The molecule has 0 bridgehead atoms. The SMILES string of the molecule is N#CC(=Cc1ccc(N2CCCC2)cc1)c1ccc(Br)cc1. The third kappa shape index (κ3) is 3.40. The highest BCUT2D eigenvalue weighted by Crippen LogP contribution is 2.23. The minimum atomic E-state index is 0.682. The molecule has 0 aromatic heterocycles. The molecule has 1 aliphatic heterocycles. The van der Waals surface area contributed by atoms with E-state index < -0.39 is 0 Å². The Morgan fingerprint density at radius 3 is 2.23 bits per heavy atom. The molecule has 0 radical (unpaired) electrons. The smallest absolute Gasteiger partial charge is 0.0998 e. The molecular weight excluding hydrogens is 336 g/mol. The highest BCUT2D eigenvalue weighted by molar-refractivity contribution is 9.10. The molecule has 2 aromatic rings. The summed E-state index contributed by atoms with van der Waals surface area (Å²) in [4.78, 5) is 2.41. The number of nitrogens with zero attached hydrogens (tertiary/aromatic N) is 2. The quantitative estimate of drug-likeness (QED) is 0.566. The van der Waals surface area contributed by atoms with Gasteiger partial charge in [0.1, 0.15) is 0 Å². The summed E-state index contributed by atoms with van der Waals surface area (Å²) in [5, 5.41) is 9.40. The Morgan fingerprint density at radius 1 is 1.00 bits per heavy atom. The summed E-state index contributed by atoms with van der Waals surface area (Å²) < 4.78 is 1.02. The molecule has 0 amide bonds. The number of halogens is 1. The zero-order valence-electron chi connectivity index (χ0n) is 12.3. The third-order valence-corrected chi connectivity index (χ3v) is 4.48. The maximum atomic E-state index is 9.40. The van der Waals surface area contributed by atoms with Crippen molar-refractivity contribution in [3.05, 3.63) is 64.1 Å². The normalized spacial score (nSPS) is 14.9. The number of hydrogen-bond donors (Lipinski definition) is 0. The fraction of sp³-hybridized carbons (Fsp3) is 0.211.